The third kappa shape index (κ3) is 2.60. The number of carbonyl (C=O) groups excluding carboxylic acids is 3. The second kappa shape index (κ2) is 6.14. The Hall–Kier alpha value is -2.57. The predicted molar refractivity (Wildman–Crippen MR) is 86.6 cm³/mol. The van der Waals surface area contributed by atoms with E-state index in [1.807, 2.05) is 0 Å². The van der Waals surface area contributed by atoms with Crippen LogP contribution in [0.25, 0.3) is 0 Å². The van der Waals surface area contributed by atoms with Crippen LogP contribution in [0.1, 0.15) is 17.3 Å². The van der Waals surface area contributed by atoms with Crippen molar-refractivity contribution in [2.75, 3.05) is 33.8 Å². The Kier molecular flexibility index (Phi) is 4.17. The lowest BCUT2D eigenvalue weighted by atomic mass is 10.0. The number of piperazine rings is 2. The highest BCUT2D eigenvalue weighted by Crippen LogP contribution is 2.22. The average molecular weight is 331 g/mol. The summed E-state index contributed by atoms with van der Waals surface area (Å²) in [5.41, 5.74) is 0.542. The zero-order valence-corrected chi connectivity index (χ0v) is 14.1. The van der Waals surface area contributed by atoms with E-state index >= 15 is 0 Å². The summed E-state index contributed by atoms with van der Waals surface area (Å²) in [5.74, 6) is 0.367. The minimum absolute atomic E-state index is 0.0568. The molecule has 128 valence electrons. The van der Waals surface area contributed by atoms with Crippen LogP contribution in [-0.2, 0) is 9.59 Å². The molecule has 24 heavy (non-hydrogen) atoms. The summed E-state index contributed by atoms with van der Waals surface area (Å²) in [4.78, 5) is 42.2. The molecule has 2 atom stereocenters. The SMILES string of the molecule is COc1ccc(C(=O)N2CCN3C(=O)[C@H](C)N(C)C(=O)[C@H]3C2)cc1. The molecular formula is C17H21N3O4. The van der Waals surface area contributed by atoms with Gasteiger partial charge in [-0.2, -0.15) is 0 Å². The van der Waals surface area contributed by atoms with E-state index in [9.17, 15) is 14.4 Å². The number of ether oxygens (including phenoxy) is 1. The van der Waals surface area contributed by atoms with E-state index in [-0.39, 0.29) is 24.3 Å². The molecule has 0 radical (unpaired) electrons. The maximum atomic E-state index is 12.7. The van der Waals surface area contributed by atoms with Crippen molar-refractivity contribution in [2.45, 2.75) is 19.0 Å². The van der Waals surface area contributed by atoms with Gasteiger partial charge in [0.25, 0.3) is 5.91 Å². The Morgan fingerprint density at radius 1 is 1.12 bits per heavy atom. The summed E-state index contributed by atoms with van der Waals surface area (Å²) < 4.78 is 5.09. The van der Waals surface area contributed by atoms with Crippen LogP contribution in [0.15, 0.2) is 24.3 Å². The van der Waals surface area contributed by atoms with Crippen molar-refractivity contribution in [3.05, 3.63) is 29.8 Å². The van der Waals surface area contributed by atoms with Crippen LogP contribution in [0.2, 0.25) is 0 Å². The summed E-state index contributed by atoms with van der Waals surface area (Å²) in [6.45, 7) is 2.77. The number of fused-ring (bicyclic) bond motifs is 1. The predicted octanol–water partition coefficient (Wildman–Crippen LogP) is 0.209. The molecule has 0 aromatic heterocycles. The number of carbonyl (C=O) groups is 3. The topological polar surface area (TPSA) is 70.2 Å². The molecule has 0 aliphatic carbocycles. The van der Waals surface area contributed by atoms with Crippen LogP contribution < -0.4 is 4.74 Å². The van der Waals surface area contributed by atoms with Crippen molar-refractivity contribution in [1.29, 1.82) is 0 Å². The molecule has 3 rings (SSSR count). The van der Waals surface area contributed by atoms with Gasteiger partial charge in [0.05, 0.1) is 13.7 Å². The highest BCUT2D eigenvalue weighted by Gasteiger charge is 2.45. The summed E-state index contributed by atoms with van der Waals surface area (Å²) in [5, 5.41) is 0. The Morgan fingerprint density at radius 2 is 1.79 bits per heavy atom. The maximum Gasteiger partial charge on any atom is 0.254 e. The molecule has 2 saturated heterocycles. The van der Waals surface area contributed by atoms with E-state index in [1.54, 1.807) is 55.1 Å². The summed E-state index contributed by atoms with van der Waals surface area (Å²) in [6, 6.07) is 5.83. The molecule has 2 fully saturated rings. The number of rotatable bonds is 2. The molecular weight excluding hydrogens is 310 g/mol. The number of nitrogens with zero attached hydrogens (tertiary/aromatic N) is 3. The number of likely N-dealkylation sites (N-methyl/N-ethyl adjacent to an activating group) is 1. The van der Waals surface area contributed by atoms with E-state index in [0.29, 0.717) is 24.4 Å². The van der Waals surface area contributed by atoms with Gasteiger partial charge in [-0.05, 0) is 31.2 Å². The van der Waals surface area contributed by atoms with Crippen molar-refractivity contribution < 1.29 is 19.1 Å². The molecule has 0 N–H and O–H groups in total. The first kappa shape index (κ1) is 16.3. The normalized spacial score (nSPS) is 24.0. The van der Waals surface area contributed by atoms with Gasteiger partial charge < -0.3 is 19.4 Å². The van der Waals surface area contributed by atoms with Gasteiger partial charge >= 0.3 is 0 Å². The number of methoxy groups -OCH3 is 1. The fourth-order valence-electron chi connectivity index (χ4n) is 3.19. The van der Waals surface area contributed by atoms with Gasteiger partial charge in [-0.15, -0.1) is 0 Å². The molecule has 3 amide bonds. The van der Waals surface area contributed by atoms with Crippen LogP contribution in [0, 0.1) is 0 Å². The molecule has 2 aliphatic heterocycles. The summed E-state index contributed by atoms with van der Waals surface area (Å²) >= 11 is 0. The number of hydrogen-bond acceptors (Lipinski definition) is 4. The highest BCUT2D eigenvalue weighted by atomic mass is 16.5. The van der Waals surface area contributed by atoms with Gasteiger partial charge in [0.1, 0.15) is 17.8 Å². The van der Waals surface area contributed by atoms with Crippen LogP contribution in [0.5, 0.6) is 5.75 Å². The van der Waals surface area contributed by atoms with Gasteiger partial charge in [0.2, 0.25) is 11.8 Å². The Balaban J connectivity index is 1.77. The maximum absolute atomic E-state index is 12.7. The van der Waals surface area contributed by atoms with Crippen molar-refractivity contribution in [3.63, 3.8) is 0 Å². The zero-order chi connectivity index (χ0) is 17.4. The lowest BCUT2D eigenvalue weighted by molar-refractivity contribution is -0.162. The van der Waals surface area contributed by atoms with Crippen molar-refractivity contribution in [2.24, 2.45) is 0 Å². The smallest absolute Gasteiger partial charge is 0.254 e. The Labute approximate surface area is 140 Å². The zero-order valence-electron chi connectivity index (χ0n) is 14.1. The molecule has 2 aliphatic rings. The second-order valence-electron chi connectivity index (χ2n) is 6.15. The first-order chi connectivity index (χ1) is 11.4. The third-order valence-electron chi connectivity index (χ3n) is 4.86. The summed E-state index contributed by atoms with van der Waals surface area (Å²) in [6.07, 6.45) is 0. The van der Waals surface area contributed by atoms with Gasteiger partial charge in [-0.25, -0.2) is 0 Å². The lowest BCUT2D eigenvalue weighted by Crippen LogP contribution is -2.69. The molecule has 0 bridgehead atoms. The largest absolute Gasteiger partial charge is 0.497 e. The Bertz CT molecular complexity index is 673. The quantitative estimate of drug-likeness (QED) is 0.777. The number of hydrogen-bond donors (Lipinski definition) is 0. The van der Waals surface area contributed by atoms with Gasteiger partial charge in [-0.3, -0.25) is 14.4 Å². The van der Waals surface area contributed by atoms with E-state index in [0.717, 1.165) is 0 Å². The van der Waals surface area contributed by atoms with Gasteiger partial charge in [-0.1, -0.05) is 0 Å². The average Bonchev–Trinajstić information content (AvgIpc) is 2.63. The van der Waals surface area contributed by atoms with Crippen LogP contribution in [-0.4, -0.2) is 78.3 Å². The Morgan fingerprint density at radius 3 is 2.42 bits per heavy atom. The van der Waals surface area contributed by atoms with Crippen LogP contribution in [0.3, 0.4) is 0 Å². The monoisotopic (exact) mass is 331 g/mol. The van der Waals surface area contributed by atoms with E-state index in [2.05, 4.69) is 0 Å². The van der Waals surface area contributed by atoms with Crippen molar-refractivity contribution in [1.82, 2.24) is 14.7 Å². The molecule has 7 heteroatoms. The van der Waals surface area contributed by atoms with Gasteiger partial charge in [0, 0.05) is 25.7 Å². The van der Waals surface area contributed by atoms with Crippen molar-refractivity contribution in [3.8, 4) is 5.75 Å². The molecule has 0 spiro atoms. The first-order valence-electron chi connectivity index (χ1n) is 7.94. The van der Waals surface area contributed by atoms with Crippen molar-refractivity contribution >= 4 is 17.7 Å². The van der Waals surface area contributed by atoms with E-state index < -0.39 is 12.1 Å². The molecule has 7 nitrogen and oxygen atoms in total. The van der Waals surface area contributed by atoms with Gasteiger partial charge in [0.15, 0.2) is 0 Å². The van der Waals surface area contributed by atoms with E-state index in [1.165, 1.54) is 4.90 Å². The molecule has 1 aromatic carbocycles. The molecule has 0 unspecified atom stereocenters. The minimum Gasteiger partial charge on any atom is -0.497 e. The fraction of sp³-hybridized carbons (Fsp3) is 0.471. The molecule has 1 aromatic rings. The van der Waals surface area contributed by atoms with Crippen LogP contribution >= 0.6 is 0 Å². The number of amides is 3. The minimum atomic E-state index is -0.588. The third-order valence-corrected chi connectivity index (χ3v) is 4.86. The lowest BCUT2D eigenvalue weighted by Gasteiger charge is -2.47. The van der Waals surface area contributed by atoms with Crippen LogP contribution in [0.4, 0.5) is 0 Å². The molecule has 0 saturated carbocycles. The highest BCUT2D eigenvalue weighted by molar-refractivity contribution is 5.99. The number of benzene rings is 1. The standard InChI is InChI=1S/C17H21N3O4/c1-11-15(21)20-9-8-19(10-14(20)17(23)18(11)2)16(22)12-4-6-13(24-3)7-5-12/h4-7,11,14H,8-10H2,1-3H3/t11-,14+/m0/s1. The van der Waals surface area contributed by atoms with E-state index in [4.69, 9.17) is 4.74 Å². The summed E-state index contributed by atoms with van der Waals surface area (Å²) in [7, 11) is 3.20. The fourth-order valence-corrected chi connectivity index (χ4v) is 3.19. The second-order valence-corrected chi connectivity index (χ2v) is 6.15. The first-order valence-corrected chi connectivity index (χ1v) is 7.94. The molecule has 2 heterocycles.